The molecule has 0 radical (unpaired) electrons. The molecule has 2 aromatic rings. The van der Waals surface area contributed by atoms with Crippen LogP contribution in [-0.2, 0) is 22.4 Å². The average molecular weight is 390 g/mol. The molecule has 1 aliphatic carbocycles. The summed E-state index contributed by atoms with van der Waals surface area (Å²) >= 11 is 0. The number of carbonyl (C=O) groups is 1. The van der Waals surface area contributed by atoms with Gasteiger partial charge in [-0.3, -0.25) is 9.69 Å². The predicted molar refractivity (Wildman–Crippen MR) is 114 cm³/mol. The highest BCUT2D eigenvalue weighted by Gasteiger charge is 2.30. The average Bonchev–Trinajstić information content (AvgIpc) is 3.31. The molecule has 150 valence electrons. The molecule has 0 bridgehead atoms. The van der Waals surface area contributed by atoms with E-state index in [-0.39, 0.29) is 18.6 Å². The molecule has 2 aromatic carbocycles. The normalized spacial score (nSPS) is 23.8. The van der Waals surface area contributed by atoms with Crippen molar-refractivity contribution in [2.45, 2.75) is 25.4 Å². The number of para-hydroxylation sites is 1. The van der Waals surface area contributed by atoms with Gasteiger partial charge >= 0.3 is 0 Å². The summed E-state index contributed by atoms with van der Waals surface area (Å²) in [5.74, 6) is 0.0175. The number of aliphatic hydroxyl groups is 1. The Balaban J connectivity index is 1.35. The second kappa shape index (κ2) is 7.75. The van der Waals surface area contributed by atoms with Crippen molar-refractivity contribution in [3.63, 3.8) is 0 Å². The molecule has 5 nitrogen and oxygen atoms in total. The summed E-state index contributed by atoms with van der Waals surface area (Å²) in [7, 11) is 0. The number of anilines is 1. The van der Waals surface area contributed by atoms with Crippen LogP contribution >= 0.6 is 0 Å². The van der Waals surface area contributed by atoms with Gasteiger partial charge in [-0.25, -0.2) is 0 Å². The summed E-state index contributed by atoms with van der Waals surface area (Å²) in [6, 6.07) is 14.7. The van der Waals surface area contributed by atoms with Gasteiger partial charge in [-0.2, -0.15) is 0 Å². The molecule has 1 atom stereocenters. The molecular weight excluding hydrogens is 364 g/mol. The molecule has 0 aromatic heterocycles. The maximum absolute atomic E-state index is 12.6. The predicted octanol–water partition coefficient (Wildman–Crippen LogP) is 2.73. The van der Waals surface area contributed by atoms with Gasteiger partial charge in [0.25, 0.3) is 5.91 Å². The number of morpholine rings is 1. The third-order valence-corrected chi connectivity index (χ3v) is 6.26. The van der Waals surface area contributed by atoms with Crippen molar-refractivity contribution in [3.05, 3.63) is 64.7 Å². The highest BCUT2D eigenvalue weighted by atomic mass is 16.5. The number of hydrogen-bond acceptors (Lipinski definition) is 4. The minimum Gasteiger partial charge on any atom is -0.394 e. The zero-order valence-electron chi connectivity index (χ0n) is 16.5. The van der Waals surface area contributed by atoms with Crippen LogP contribution in [0.4, 0.5) is 5.69 Å². The van der Waals surface area contributed by atoms with Gasteiger partial charge in [0.2, 0.25) is 0 Å². The lowest BCUT2D eigenvalue weighted by Crippen LogP contribution is -2.44. The lowest BCUT2D eigenvalue weighted by atomic mass is 9.95. The minimum absolute atomic E-state index is 0.0175. The molecule has 29 heavy (non-hydrogen) atoms. The first-order valence-electron chi connectivity index (χ1n) is 10.4. The van der Waals surface area contributed by atoms with Crippen LogP contribution in [0, 0.1) is 0 Å². The van der Waals surface area contributed by atoms with Crippen molar-refractivity contribution in [2.24, 2.45) is 0 Å². The van der Waals surface area contributed by atoms with Gasteiger partial charge in [0, 0.05) is 30.9 Å². The molecule has 0 saturated carbocycles. The molecule has 1 fully saturated rings. The minimum atomic E-state index is -0.0570. The lowest BCUT2D eigenvalue weighted by Gasteiger charge is -2.32. The Morgan fingerprint density at radius 2 is 2.03 bits per heavy atom. The number of rotatable bonds is 4. The van der Waals surface area contributed by atoms with Crippen LogP contribution in [0.5, 0.6) is 0 Å². The van der Waals surface area contributed by atoms with E-state index in [0.717, 1.165) is 55.7 Å². The number of hydrogen-bond donors (Lipinski definition) is 2. The molecule has 3 aliphatic rings. The highest BCUT2D eigenvalue weighted by molar-refractivity contribution is 6.37. The van der Waals surface area contributed by atoms with Crippen LogP contribution in [0.3, 0.4) is 0 Å². The number of fused-ring (bicyclic) bond motifs is 2. The highest BCUT2D eigenvalue weighted by Crippen LogP contribution is 2.43. The van der Waals surface area contributed by atoms with Crippen LogP contribution in [0.25, 0.3) is 11.1 Å². The zero-order chi connectivity index (χ0) is 19.8. The van der Waals surface area contributed by atoms with Crippen molar-refractivity contribution in [1.82, 2.24) is 4.90 Å². The fourth-order valence-corrected chi connectivity index (χ4v) is 4.76. The van der Waals surface area contributed by atoms with Gasteiger partial charge in [0.15, 0.2) is 0 Å². The number of aliphatic hydroxyl groups excluding tert-OH is 1. The van der Waals surface area contributed by atoms with Gasteiger partial charge in [-0.1, -0.05) is 36.4 Å². The van der Waals surface area contributed by atoms with Crippen molar-refractivity contribution in [2.75, 3.05) is 38.2 Å². The molecule has 2 N–H and O–H groups in total. The van der Waals surface area contributed by atoms with Crippen LogP contribution in [-0.4, -0.2) is 54.9 Å². The van der Waals surface area contributed by atoms with Crippen LogP contribution in [0.2, 0.25) is 0 Å². The van der Waals surface area contributed by atoms with Crippen molar-refractivity contribution < 1.29 is 14.6 Å². The van der Waals surface area contributed by atoms with Gasteiger partial charge < -0.3 is 15.2 Å². The summed E-state index contributed by atoms with van der Waals surface area (Å²) in [5.41, 5.74) is 7.86. The van der Waals surface area contributed by atoms with E-state index < -0.39 is 0 Å². The van der Waals surface area contributed by atoms with Crippen molar-refractivity contribution in [3.8, 4) is 0 Å². The molecular formula is C24H26N2O3. The first kappa shape index (κ1) is 18.6. The Bertz CT molecular complexity index is 982. The second-order valence-electron chi connectivity index (χ2n) is 8.07. The third kappa shape index (κ3) is 3.50. The van der Waals surface area contributed by atoms with Crippen LogP contribution in [0.1, 0.15) is 28.7 Å². The first-order chi connectivity index (χ1) is 14.2. The van der Waals surface area contributed by atoms with E-state index in [2.05, 4.69) is 28.4 Å². The van der Waals surface area contributed by atoms with Gasteiger partial charge in [0.1, 0.15) is 0 Å². The summed E-state index contributed by atoms with van der Waals surface area (Å²) in [6.45, 7) is 3.47. The Morgan fingerprint density at radius 3 is 2.93 bits per heavy atom. The number of nitrogens with zero attached hydrogens (tertiary/aromatic N) is 1. The van der Waals surface area contributed by atoms with Gasteiger partial charge in [-0.15, -0.1) is 0 Å². The summed E-state index contributed by atoms with van der Waals surface area (Å²) in [4.78, 5) is 15.0. The largest absolute Gasteiger partial charge is 0.394 e. The summed E-state index contributed by atoms with van der Waals surface area (Å²) in [5, 5.41) is 12.3. The number of nitrogens with one attached hydrogen (secondary N) is 1. The summed E-state index contributed by atoms with van der Waals surface area (Å²) < 4.78 is 5.53. The maximum Gasteiger partial charge on any atom is 0.256 e. The lowest BCUT2D eigenvalue weighted by molar-refractivity contribution is -0.110. The number of amides is 1. The van der Waals surface area contributed by atoms with E-state index in [1.165, 1.54) is 22.3 Å². The topological polar surface area (TPSA) is 61.8 Å². The Hall–Kier alpha value is -2.47. The standard InChI is InChI=1S/C24H26N2O3/c27-15-18-14-26(11-12-29-18)10-9-16-5-7-19-17(13-16)6-8-20(19)23-21-3-1-2-4-22(21)25-24(23)28/h1-5,7,13,18,27H,6,8-12,14-15H2,(H,25,28)/b23-20-. The Morgan fingerprint density at radius 1 is 1.14 bits per heavy atom. The van der Waals surface area contributed by atoms with Crippen LogP contribution < -0.4 is 5.32 Å². The molecule has 1 amide bonds. The van der Waals surface area contributed by atoms with E-state index in [0.29, 0.717) is 6.61 Å². The van der Waals surface area contributed by atoms with Gasteiger partial charge in [-0.05, 0) is 47.6 Å². The van der Waals surface area contributed by atoms with Crippen molar-refractivity contribution in [1.29, 1.82) is 0 Å². The first-order valence-corrected chi connectivity index (χ1v) is 10.4. The summed E-state index contributed by atoms with van der Waals surface area (Å²) in [6.07, 6.45) is 2.83. The van der Waals surface area contributed by atoms with E-state index >= 15 is 0 Å². The number of carbonyl (C=O) groups excluding carboxylic acids is 1. The van der Waals surface area contributed by atoms with Crippen molar-refractivity contribution >= 4 is 22.7 Å². The van der Waals surface area contributed by atoms with E-state index in [4.69, 9.17) is 4.74 Å². The fraction of sp³-hybridized carbons (Fsp3) is 0.375. The SMILES string of the molecule is O=C1Nc2ccccc2/C1=C1\CCc2cc(CCN3CCOC(CO)C3)ccc21. The Kier molecular flexibility index (Phi) is 4.96. The molecule has 2 aliphatic heterocycles. The smallest absolute Gasteiger partial charge is 0.256 e. The fourth-order valence-electron chi connectivity index (χ4n) is 4.76. The molecule has 5 heteroatoms. The zero-order valence-corrected chi connectivity index (χ0v) is 16.5. The molecule has 1 saturated heterocycles. The third-order valence-electron chi connectivity index (χ3n) is 6.26. The maximum atomic E-state index is 12.6. The quantitative estimate of drug-likeness (QED) is 0.788. The number of aryl methyl sites for hydroxylation is 1. The Labute approximate surface area is 171 Å². The monoisotopic (exact) mass is 390 g/mol. The number of benzene rings is 2. The molecule has 5 rings (SSSR count). The van der Waals surface area contributed by atoms with Crippen LogP contribution in [0.15, 0.2) is 42.5 Å². The van der Waals surface area contributed by atoms with E-state index in [9.17, 15) is 9.90 Å². The second-order valence-corrected chi connectivity index (χ2v) is 8.07. The molecule has 1 unspecified atom stereocenters. The van der Waals surface area contributed by atoms with E-state index in [1.807, 2.05) is 24.3 Å². The van der Waals surface area contributed by atoms with Gasteiger partial charge in [0.05, 0.1) is 24.9 Å². The van der Waals surface area contributed by atoms with E-state index in [1.54, 1.807) is 0 Å². The number of ether oxygens (including phenoxy) is 1. The number of allylic oxidation sites excluding steroid dienone is 1. The molecule has 2 heterocycles. The molecule has 0 spiro atoms.